The van der Waals surface area contributed by atoms with Crippen LogP contribution in [0, 0.1) is 6.92 Å². The van der Waals surface area contributed by atoms with Crippen LogP contribution in [-0.2, 0) is 0 Å². The fraction of sp³-hybridized carbons (Fsp3) is 0.118. The van der Waals surface area contributed by atoms with Crippen molar-refractivity contribution in [2.24, 2.45) is 0 Å². The molecule has 1 aromatic carbocycles. The Morgan fingerprint density at radius 2 is 2.00 bits per heavy atom. The molecule has 0 saturated carbocycles. The van der Waals surface area contributed by atoms with Crippen molar-refractivity contribution in [3.63, 3.8) is 0 Å². The van der Waals surface area contributed by atoms with Gasteiger partial charge in [-0.15, -0.1) is 0 Å². The number of aromatic nitrogens is 2. The number of aryl methyl sites for hydroxylation is 1. The smallest absolute Gasteiger partial charge is 0.162 e. The fourth-order valence-corrected chi connectivity index (χ4v) is 2.71. The van der Waals surface area contributed by atoms with Crippen molar-refractivity contribution in [2.45, 2.75) is 13.8 Å². The van der Waals surface area contributed by atoms with Gasteiger partial charge >= 0.3 is 0 Å². The minimum atomic E-state index is -0.0604. The number of rotatable bonds is 2. The van der Waals surface area contributed by atoms with E-state index >= 15 is 0 Å². The molecule has 4 nitrogen and oxygen atoms in total. The number of hydrogen-bond donors (Lipinski definition) is 1. The highest BCUT2D eigenvalue weighted by atomic mass is 35.5. The number of pyridine rings is 2. The zero-order chi connectivity index (χ0) is 15.9. The second-order valence-electron chi connectivity index (χ2n) is 5.17. The van der Waals surface area contributed by atoms with Crippen LogP contribution >= 0.6 is 11.6 Å². The quantitative estimate of drug-likeness (QED) is 0.725. The number of nitrogens with two attached hydrogens (primary N) is 1. The number of nitrogen functional groups attached to an aromatic ring is 1. The topological polar surface area (TPSA) is 68.9 Å². The molecule has 0 bridgehead atoms. The van der Waals surface area contributed by atoms with Crippen molar-refractivity contribution in [3.8, 4) is 11.3 Å². The Bertz CT molecular complexity index is 906. The highest BCUT2D eigenvalue weighted by Crippen LogP contribution is 2.28. The van der Waals surface area contributed by atoms with Crippen LogP contribution in [0.5, 0.6) is 0 Å². The van der Waals surface area contributed by atoms with E-state index in [1.807, 2.05) is 37.3 Å². The Hall–Kier alpha value is -2.46. The van der Waals surface area contributed by atoms with Gasteiger partial charge in [-0.25, -0.2) is 9.97 Å². The molecule has 0 aliphatic rings. The number of nitrogens with zero attached hydrogens (tertiary/aromatic N) is 2. The van der Waals surface area contributed by atoms with Gasteiger partial charge in [0, 0.05) is 27.7 Å². The lowest BCUT2D eigenvalue weighted by Gasteiger charge is -2.09. The molecule has 22 heavy (non-hydrogen) atoms. The molecule has 2 aromatic heterocycles. The maximum atomic E-state index is 11.7. The van der Waals surface area contributed by atoms with Crippen LogP contribution in [-0.4, -0.2) is 15.8 Å². The number of anilines is 1. The Labute approximate surface area is 133 Å². The van der Waals surface area contributed by atoms with Gasteiger partial charge in [0.05, 0.1) is 5.69 Å². The van der Waals surface area contributed by atoms with Crippen molar-refractivity contribution in [1.29, 1.82) is 0 Å². The van der Waals surface area contributed by atoms with E-state index in [-0.39, 0.29) is 5.78 Å². The first-order chi connectivity index (χ1) is 10.5. The van der Waals surface area contributed by atoms with E-state index in [9.17, 15) is 4.79 Å². The molecular formula is C17H14ClN3O. The first-order valence-electron chi connectivity index (χ1n) is 6.80. The van der Waals surface area contributed by atoms with Crippen LogP contribution in [0.4, 0.5) is 5.82 Å². The Morgan fingerprint density at radius 3 is 2.68 bits per heavy atom. The monoisotopic (exact) mass is 311 g/mol. The van der Waals surface area contributed by atoms with Gasteiger partial charge < -0.3 is 5.73 Å². The summed E-state index contributed by atoms with van der Waals surface area (Å²) in [5.41, 5.74) is 9.76. The second-order valence-corrected chi connectivity index (χ2v) is 5.60. The zero-order valence-electron chi connectivity index (χ0n) is 12.2. The lowest BCUT2D eigenvalue weighted by atomic mass is 10.0. The third-order valence-corrected chi connectivity index (χ3v) is 3.84. The Balaban J connectivity index is 2.26. The summed E-state index contributed by atoms with van der Waals surface area (Å²) in [5.74, 6) is 0.253. The van der Waals surface area contributed by atoms with Crippen LogP contribution in [0.25, 0.3) is 22.2 Å². The fourth-order valence-electron chi connectivity index (χ4n) is 2.48. The van der Waals surface area contributed by atoms with Crippen molar-refractivity contribution < 1.29 is 4.79 Å². The lowest BCUT2D eigenvalue weighted by molar-refractivity contribution is 0.101. The van der Waals surface area contributed by atoms with Gasteiger partial charge in [-0.3, -0.25) is 4.79 Å². The molecule has 2 N–H and O–H groups in total. The van der Waals surface area contributed by atoms with Crippen LogP contribution in [0.15, 0.2) is 36.5 Å². The van der Waals surface area contributed by atoms with Gasteiger partial charge in [-0.2, -0.15) is 0 Å². The summed E-state index contributed by atoms with van der Waals surface area (Å²) >= 11 is 5.99. The Kier molecular flexibility index (Phi) is 3.54. The van der Waals surface area contributed by atoms with Crippen molar-refractivity contribution in [1.82, 2.24) is 9.97 Å². The van der Waals surface area contributed by atoms with Crippen LogP contribution in [0.2, 0.25) is 5.02 Å². The third-order valence-electron chi connectivity index (χ3n) is 3.60. The molecule has 0 fully saturated rings. The molecule has 0 atom stereocenters. The minimum absolute atomic E-state index is 0.0604. The van der Waals surface area contributed by atoms with Crippen molar-refractivity contribution in [3.05, 3.63) is 52.7 Å². The van der Waals surface area contributed by atoms with Crippen molar-refractivity contribution >= 4 is 34.1 Å². The van der Waals surface area contributed by atoms with E-state index in [1.54, 1.807) is 0 Å². The molecular weight excluding hydrogens is 298 g/mol. The first-order valence-corrected chi connectivity index (χ1v) is 7.18. The molecule has 110 valence electrons. The number of Topliss-reactive ketones (excluding diaryl/α,β-unsaturated/α-hetero) is 1. The van der Waals surface area contributed by atoms with Crippen LogP contribution in [0.1, 0.15) is 22.8 Å². The molecule has 0 saturated heterocycles. The van der Waals surface area contributed by atoms with Gasteiger partial charge in [0.15, 0.2) is 5.78 Å². The molecule has 0 aliphatic heterocycles. The predicted molar refractivity (Wildman–Crippen MR) is 89.1 cm³/mol. The number of ketones is 1. The predicted octanol–water partition coefficient (Wildman–Crippen LogP) is 4.04. The van der Waals surface area contributed by atoms with Crippen LogP contribution < -0.4 is 5.73 Å². The minimum Gasteiger partial charge on any atom is -0.382 e. The van der Waals surface area contributed by atoms with E-state index in [0.717, 1.165) is 22.2 Å². The molecule has 2 heterocycles. The van der Waals surface area contributed by atoms with Gasteiger partial charge in [0.2, 0.25) is 0 Å². The molecule has 0 aliphatic carbocycles. The summed E-state index contributed by atoms with van der Waals surface area (Å²) in [4.78, 5) is 20.4. The van der Waals surface area contributed by atoms with Crippen molar-refractivity contribution in [2.75, 3.05) is 5.73 Å². The maximum Gasteiger partial charge on any atom is 0.162 e. The molecule has 3 aromatic rings. The molecule has 0 amide bonds. The Morgan fingerprint density at radius 1 is 1.23 bits per heavy atom. The molecule has 0 spiro atoms. The van der Waals surface area contributed by atoms with E-state index < -0.39 is 0 Å². The van der Waals surface area contributed by atoms with E-state index in [2.05, 4.69) is 9.97 Å². The highest BCUT2D eigenvalue weighted by Gasteiger charge is 2.12. The van der Waals surface area contributed by atoms with E-state index in [1.165, 1.54) is 13.1 Å². The van der Waals surface area contributed by atoms with E-state index in [0.29, 0.717) is 21.9 Å². The summed E-state index contributed by atoms with van der Waals surface area (Å²) in [6, 6.07) is 9.37. The van der Waals surface area contributed by atoms with E-state index in [4.69, 9.17) is 17.3 Å². The first kappa shape index (κ1) is 14.5. The number of carbonyl (C=O) groups excluding carboxylic acids is 1. The molecule has 0 unspecified atom stereocenters. The number of halogens is 1. The van der Waals surface area contributed by atoms with Gasteiger partial charge in [0.1, 0.15) is 11.3 Å². The summed E-state index contributed by atoms with van der Waals surface area (Å²) in [5, 5.41) is 1.40. The third kappa shape index (κ3) is 2.42. The number of benzene rings is 1. The second kappa shape index (κ2) is 5.39. The SMILES string of the molecule is CC(=O)c1cnc(N)c2nc(-c3ccc(Cl)cc3C)ccc12. The highest BCUT2D eigenvalue weighted by molar-refractivity contribution is 6.30. The largest absolute Gasteiger partial charge is 0.382 e. The molecule has 3 rings (SSSR count). The van der Waals surface area contributed by atoms with Gasteiger partial charge in [0.25, 0.3) is 0 Å². The summed E-state index contributed by atoms with van der Waals surface area (Å²) < 4.78 is 0. The number of carbonyl (C=O) groups is 1. The average molecular weight is 312 g/mol. The number of fused-ring (bicyclic) bond motifs is 1. The summed E-state index contributed by atoms with van der Waals surface area (Å²) in [7, 11) is 0. The summed E-state index contributed by atoms with van der Waals surface area (Å²) in [6.45, 7) is 3.48. The zero-order valence-corrected chi connectivity index (χ0v) is 13.0. The van der Waals surface area contributed by atoms with Crippen LogP contribution in [0.3, 0.4) is 0 Å². The number of hydrogen-bond acceptors (Lipinski definition) is 4. The maximum absolute atomic E-state index is 11.7. The van der Waals surface area contributed by atoms with Gasteiger partial charge in [-0.05, 0) is 43.7 Å². The normalized spacial score (nSPS) is 10.9. The lowest BCUT2D eigenvalue weighted by Crippen LogP contribution is -2.01. The average Bonchev–Trinajstić information content (AvgIpc) is 2.47. The summed E-state index contributed by atoms with van der Waals surface area (Å²) in [6.07, 6.45) is 1.49. The van der Waals surface area contributed by atoms with Gasteiger partial charge in [-0.1, -0.05) is 17.7 Å². The molecule has 0 radical (unpaired) electrons. The molecule has 5 heteroatoms. The standard InChI is InChI=1S/C17H14ClN3O/c1-9-7-11(18)3-4-12(9)15-6-5-13-14(10(2)22)8-20-17(19)16(13)21-15/h3-8H,1-2H3,(H2,19,20).